The highest BCUT2D eigenvalue weighted by molar-refractivity contribution is 6.37. The normalized spacial score (nSPS) is 22.0. The number of nitrogens with zero attached hydrogens (tertiary/aromatic N) is 1. The summed E-state index contributed by atoms with van der Waals surface area (Å²) in [5, 5.41) is 16.8. The van der Waals surface area contributed by atoms with E-state index in [4.69, 9.17) is 23.2 Å². The lowest BCUT2D eigenvalue weighted by Crippen LogP contribution is -2.21. The summed E-state index contributed by atoms with van der Waals surface area (Å²) in [5.41, 5.74) is 0. The number of anilines is 2. The van der Waals surface area contributed by atoms with Crippen LogP contribution in [0.4, 0.5) is 11.6 Å². The van der Waals surface area contributed by atoms with Crippen molar-refractivity contribution in [3.8, 4) is 0 Å². The zero-order valence-corrected chi connectivity index (χ0v) is 13.1. The molecule has 0 amide bonds. The summed E-state index contributed by atoms with van der Waals surface area (Å²) >= 11 is 12.3. The molecular formula is C14H21Cl2N3O. The third-order valence-electron chi connectivity index (χ3n) is 3.86. The Balaban J connectivity index is 2.03. The molecule has 1 aromatic rings. The van der Waals surface area contributed by atoms with Crippen LogP contribution in [0.2, 0.25) is 10.0 Å². The summed E-state index contributed by atoms with van der Waals surface area (Å²) in [7, 11) is 0. The van der Waals surface area contributed by atoms with Crippen molar-refractivity contribution in [2.75, 3.05) is 30.3 Å². The monoisotopic (exact) mass is 317 g/mol. The Kier molecular flexibility index (Phi) is 5.75. The Bertz CT molecular complexity index is 456. The Morgan fingerprint density at radius 2 is 1.85 bits per heavy atom. The van der Waals surface area contributed by atoms with Gasteiger partial charge in [-0.1, -0.05) is 29.6 Å². The number of rotatable bonds is 6. The molecule has 3 N–H and O–H groups in total. The number of halogens is 2. The maximum atomic E-state index is 9.34. The van der Waals surface area contributed by atoms with E-state index in [1.165, 1.54) is 6.42 Å². The van der Waals surface area contributed by atoms with Gasteiger partial charge in [-0.15, -0.1) is 0 Å². The highest BCUT2D eigenvalue weighted by atomic mass is 35.5. The van der Waals surface area contributed by atoms with E-state index >= 15 is 0 Å². The van der Waals surface area contributed by atoms with Crippen LogP contribution in [-0.2, 0) is 0 Å². The molecule has 1 fully saturated rings. The maximum absolute atomic E-state index is 9.34. The summed E-state index contributed by atoms with van der Waals surface area (Å²) in [5.74, 6) is 2.17. The first kappa shape index (κ1) is 15.7. The smallest absolute Gasteiger partial charge is 0.147 e. The predicted octanol–water partition coefficient (Wildman–Crippen LogP) is 3.64. The molecule has 2 unspecified atom stereocenters. The molecule has 0 aliphatic heterocycles. The molecule has 0 spiro atoms. The van der Waals surface area contributed by atoms with E-state index in [1.54, 1.807) is 6.07 Å². The maximum Gasteiger partial charge on any atom is 0.147 e. The summed E-state index contributed by atoms with van der Waals surface area (Å²) in [4.78, 5) is 4.42. The molecule has 0 radical (unpaired) electrons. The Hall–Kier alpha value is -0.710. The Labute approximate surface area is 129 Å². The second-order valence-electron chi connectivity index (χ2n) is 5.19. The number of aromatic nitrogens is 1. The van der Waals surface area contributed by atoms with Gasteiger partial charge >= 0.3 is 0 Å². The minimum absolute atomic E-state index is 0.261. The highest BCUT2D eigenvalue weighted by Gasteiger charge is 2.26. The van der Waals surface area contributed by atoms with Crippen molar-refractivity contribution in [2.24, 2.45) is 11.8 Å². The number of aliphatic hydroxyl groups is 1. The average Bonchev–Trinajstić information content (AvgIpc) is 2.88. The number of hydrogen-bond acceptors (Lipinski definition) is 4. The number of hydrogen-bond donors (Lipinski definition) is 3. The van der Waals surface area contributed by atoms with Gasteiger partial charge in [0.05, 0.1) is 10.0 Å². The predicted molar refractivity (Wildman–Crippen MR) is 84.8 cm³/mol. The van der Waals surface area contributed by atoms with Gasteiger partial charge in [-0.2, -0.15) is 0 Å². The van der Waals surface area contributed by atoms with Crippen molar-refractivity contribution in [3.63, 3.8) is 0 Å². The fraction of sp³-hybridized carbons (Fsp3) is 0.643. The quantitative estimate of drug-likeness (QED) is 0.749. The summed E-state index contributed by atoms with van der Waals surface area (Å²) in [6.45, 7) is 3.79. The van der Waals surface area contributed by atoms with Crippen molar-refractivity contribution in [1.82, 2.24) is 4.98 Å². The summed E-state index contributed by atoms with van der Waals surface area (Å²) in [6, 6.07) is 1.70. The van der Waals surface area contributed by atoms with Gasteiger partial charge in [0.2, 0.25) is 0 Å². The molecule has 112 valence electrons. The van der Waals surface area contributed by atoms with Crippen LogP contribution in [0.3, 0.4) is 0 Å². The Morgan fingerprint density at radius 3 is 2.50 bits per heavy atom. The molecule has 20 heavy (non-hydrogen) atoms. The van der Waals surface area contributed by atoms with Crippen molar-refractivity contribution < 1.29 is 5.11 Å². The van der Waals surface area contributed by atoms with E-state index in [1.807, 2.05) is 6.92 Å². The van der Waals surface area contributed by atoms with Crippen molar-refractivity contribution in [1.29, 1.82) is 0 Å². The third-order valence-corrected chi connectivity index (χ3v) is 4.43. The lowest BCUT2D eigenvalue weighted by molar-refractivity contribution is 0.199. The molecule has 1 heterocycles. The lowest BCUT2D eigenvalue weighted by Gasteiger charge is -2.19. The Morgan fingerprint density at radius 1 is 1.20 bits per heavy atom. The van der Waals surface area contributed by atoms with Gasteiger partial charge in [0.25, 0.3) is 0 Å². The van der Waals surface area contributed by atoms with E-state index in [-0.39, 0.29) is 6.61 Å². The lowest BCUT2D eigenvalue weighted by atomic mass is 9.97. The molecule has 0 aromatic carbocycles. The zero-order chi connectivity index (χ0) is 14.5. The van der Waals surface area contributed by atoms with Crippen LogP contribution in [0.25, 0.3) is 0 Å². The number of pyridine rings is 1. The van der Waals surface area contributed by atoms with Crippen LogP contribution in [0.15, 0.2) is 6.07 Å². The van der Waals surface area contributed by atoms with Crippen LogP contribution in [0.1, 0.15) is 26.2 Å². The molecule has 0 saturated heterocycles. The molecule has 2 rings (SSSR count). The SMILES string of the molecule is CCNc1nc(NCC2CCCC2CO)c(Cl)cc1Cl. The zero-order valence-electron chi connectivity index (χ0n) is 11.6. The first-order chi connectivity index (χ1) is 9.65. The largest absolute Gasteiger partial charge is 0.396 e. The van der Waals surface area contributed by atoms with Crippen molar-refractivity contribution >= 4 is 34.8 Å². The van der Waals surface area contributed by atoms with Gasteiger partial charge < -0.3 is 15.7 Å². The van der Waals surface area contributed by atoms with Gasteiger partial charge in [-0.05, 0) is 37.7 Å². The van der Waals surface area contributed by atoms with E-state index in [0.717, 1.165) is 25.9 Å². The molecule has 1 aromatic heterocycles. The standard InChI is InChI=1S/C14H21Cl2N3O/c1-2-17-13-11(15)6-12(16)14(19-13)18-7-9-4-3-5-10(9)8-20/h6,9-10,20H,2-5,7-8H2,1H3,(H2,17,18,19). The molecule has 6 heteroatoms. The van der Waals surface area contributed by atoms with Crippen molar-refractivity contribution in [2.45, 2.75) is 26.2 Å². The second-order valence-corrected chi connectivity index (χ2v) is 6.01. The number of aliphatic hydroxyl groups excluding tert-OH is 1. The van der Waals surface area contributed by atoms with E-state index in [2.05, 4.69) is 15.6 Å². The molecular weight excluding hydrogens is 297 g/mol. The van der Waals surface area contributed by atoms with Gasteiger partial charge in [0.15, 0.2) is 0 Å². The molecule has 1 aliphatic carbocycles. The minimum atomic E-state index is 0.261. The summed E-state index contributed by atoms with van der Waals surface area (Å²) < 4.78 is 0. The van der Waals surface area contributed by atoms with Crippen molar-refractivity contribution in [3.05, 3.63) is 16.1 Å². The average molecular weight is 318 g/mol. The first-order valence-corrected chi connectivity index (χ1v) is 7.86. The van der Waals surface area contributed by atoms with E-state index in [9.17, 15) is 5.11 Å². The van der Waals surface area contributed by atoms with Crippen LogP contribution in [0, 0.1) is 11.8 Å². The third kappa shape index (κ3) is 3.68. The van der Waals surface area contributed by atoms with Crippen LogP contribution in [-0.4, -0.2) is 29.8 Å². The topological polar surface area (TPSA) is 57.2 Å². The fourth-order valence-corrected chi connectivity index (χ4v) is 3.22. The summed E-state index contributed by atoms with van der Waals surface area (Å²) in [6.07, 6.45) is 3.43. The first-order valence-electron chi connectivity index (χ1n) is 7.10. The fourth-order valence-electron chi connectivity index (χ4n) is 2.73. The van der Waals surface area contributed by atoms with E-state index < -0.39 is 0 Å². The van der Waals surface area contributed by atoms with Gasteiger partial charge in [-0.3, -0.25) is 0 Å². The molecule has 2 atom stereocenters. The van der Waals surface area contributed by atoms with Gasteiger partial charge in [0, 0.05) is 19.7 Å². The van der Waals surface area contributed by atoms with Crippen LogP contribution in [0.5, 0.6) is 0 Å². The molecule has 4 nitrogen and oxygen atoms in total. The molecule has 0 bridgehead atoms. The second kappa shape index (κ2) is 7.34. The molecule has 1 aliphatic rings. The highest BCUT2D eigenvalue weighted by Crippen LogP contribution is 2.33. The minimum Gasteiger partial charge on any atom is -0.396 e. The van der Waals surface area contributed by atoms with Crippen LogP contribution < -0.4 is 10.6 Å². The van der Waals surface area contributed by atoms with Crippen LogP contribution >= 0.6 is 23.2 Å². The van der Waals surface area contributed by atoms with E-state index in [0.29, 0.717) is 33.5 Å². The van der Waals surface area contributed by atoms with Gasteiger partial charge in [0.1, 0.15) is 11.6 Å². The number of nitrogens with one attached hydrogen (secondary N) is 2. The molecule has 1 saturated carbocycles. The van der Waals surface area contributed by atoms with Gasteiger partial charge in [-0.25, -0.2) is 4.98 Å².